The van der Waals surface area contributed by atoms with Crippen LogP contribution in [0.5, 0.6) is 11.5 Å². The van der Waals surface area contributed by atoms with E-state index in [4.69, 9.17) is 14.5 Å². The molecular weight excluding hydrogens is 641 g/mol. The fourth-order valence-corrected chi connectivity index (χ4v) is 7.35. The molecule has 1 fully saturated rings. The molecular formula is C30H32IN3O5S. The summed E-state index contributed by atoms with van der Waals surface area (Å²) in [6.45, 7) is 0.248. The number of aliphatic imine (C=N–C) groups is 1. The monoisotopic (exact) mass is 673 g/mol. The second-order valence-electron chi connectivity index (χ2n) is 10.2. The Balaban J connectivity index is 1.35. The predicted octanol–water partition coefficient (Wildman–Crippen LogP) is 7.54. The highest BCUT2D eigenvalue weighted by Gasteiger charge is 2.27. The zero-order valence-electron chi connectivity index (χ0n) is 22.4. The molecule has 210 valence electrons. The Morgan fingerprint density at radius 1 is 1.15 bits per heavy atom. The molecule has 8 nitrogen and oxygen atoms in total. The SMILES string of the molecule is COc1cc(C=Nc2sc3c(c2C(=O)NC2CCCCC2)CCCC3)cc(I)c1OCc1ccc([N+](=O)[O-])cc1. The quantitative estimate of drug-likeness (QED) is 0.109. The van der Waals surface area contributed by atoms with Crippen LogP contribution < -0.4 is 14.8 Å². The van der Waals surface area contributed by atoms with Crippen LogP contribution in [0.4, 0.5) is 10.7 Å². The summed E-state index contributed by atoms with van der Waals surface area (Å²) in [4.78, 5) is 30.1. The van der Waals surface area contributed by atoms with E-state index in [1.165, 1.54) is 41.8 Å². The molecule has 1 amide bonds. The molecule has 1 heterocycles. The predicted molar refractivity (Wildman–Crippen MR) is 166 cm³/mol. The minimum Gasteiger partial charge on any atom is -0.493 e. The number of thiophene rings is 1. The summed E-state index contributed by atoms with van der Waals surface area (Å²) in [6, 6.07) is 10.4. The van der Waals surface area contributed by atoms with Crippen LogP contribution in [0, 0.1) is 13.7 Å². The molecule has 0 saturated heterocycles. The number of nitro benzene ring substituents is 1. The topological polar surface area (TPSA) is 103 Å². The molecule has 0 atom stereocenters. The average Bonchev–Trinajstić information content (AvgIpc) is 3.34. The van der Waals surface area contributed by atoms with E-state index >= 15 is 0 Å². The summed E-state index contributed by atoms with van der Waals surface area (Å²) in [5.41, 5.74) is 3.63. The summed E-state index contributed by atoms with van der Waals surface area (Å²) < 4.78 is 12.5. The summed E-state index contributed by atoms with van der Waals surface area (Å²) in [7, 11) is 1.59. The van der Waals surface area contributed by atoms with Gasteiger partial charge in [-0.2, -0.15) is 0 Å². The lowest BCUT2D eigenvalue weighted by atomic mass is 9.93. The molecule has 1 N–H and O–H groups in total. The van der Waals surface area contributed by atoms with Gasteiger partial charge in [-0.05, 0) is 102 Å². The molecule has 2 aliphatic rings. The van der Waals surface area contributed by atoms with Crippen LogP contribution in [0.25, 0.3) is 0 Å². The first kappa shape index (κ1) is 28.5. The number of nitrogens with one attached hydrogen (secondary N) is 1. The number of amides is 1. The van der Waals surface area contributed by atoms with E-state index in [9.17, 15) is 14.9 Å². The van der Waals surface area contributed by atoms with E-state index in [0.29, 0.717) is 11.5 Å². The van der Waals surface area contributed by atoms with E-state index in [1.807, 2.05) is 12.1 Å². The first-order valence-corrected chi connectivity index (χ1v) is 15.6. The third-order valence-corrected chi connectivity index (χ3v) is 9.43. The van der Waals surface area contributed by atoms with E-state index in [-0.39, 0.29) is 24.2 Å². The molecule has 5 rings (SSSR count). The van der Waals surface area contributed by atoms with Crippen molar-refractivity contribution in [2.45, 2.75) is 70.4 Å². The first-order valence-electron chi connectivity index (χ1n) is 13.7. The molecule has 0 bridgehead atoms. The Kier molecular flexibility index (Phi) is 9.36. The maximum atomic E-state index is 13.5. The minimum absolute atomic E-state index is 0.0144. The largest absolute Gasteiger partial charge is 0.493 e. The number of benzene rings is 2. The summed E-state index contributed by atoms with van der Waals surface area (Å²) >= 11 is 3.84. The van der Waals surface area contributed by atoms with Crippen molar-refractivity contribution < 1.29 is 19.2 Å². The molecule has 10 heteroatoms. The normalized spacial score (nSPS) is 15.6. The van der Waals surface area contributed by atoms with Crippen LogP contribution >= 0.6 is 33.9 Å². The van der Waals surface area contributed by atoms with Gasteiger partial charge in [0.25, 0.3) is 11.6 Å². The van der Waals surface area contributed by atoms with Crippen molar-refractivity contribution in [2.75, 3.05) is 7.11 Å². The molecule has 1 aromatic heterocycles. The van der Waals surface area contributed by atoms with Crippen molar-refractivity contribution in [1.29, 1.82) is 0 Å². The van der Waals surface area contributed by atoms with Crippen molar-refractivity contribution >= 4 is 56.7 Å². The van der Waals surface area contributed by atoms with E-state index in [2.05, 4.69) is 27.9 Å². The molecule has 2 aromatic carbocycles. The van der Waals surface area contributed by atoms with Gasteiger partial charge < -0.3 is 14.8 Å². The standard InChI is InChI=1S/C30H32IN3O5S/c1-38-25-16-20(15-24(31)28(25)39-18-19-11-13-22(14-12-19)34(36)37)17-32-30-27(23-9-5-6-10-26(23)40-30)29(35)33-21-7-3-2-4-8-21/h11-17,21H,2-10,18H2,1H3,(H,33,35). The molecule has 0 spiro atoms. The van der Waals surface area contributed by atoms with Crippen molar-refractivity contribution in [1.82, 2.24) is 5.32 Å². The number of nitro groups is 1. The highest BCUT2D eigenvalue weighted by molar-refractivity contribution is 14.1. The van der Waals surface area contributed by atoms with Gasteiger partial charge in [0.05, 0.1) is 21.2 Å². The van der Waals surface area contributed by atoms with Gasteiger partial charge in [0, 0.05) is 29.3 Å². The van der Waals surface area contributed by atoms with Crippen LogP contribution in [0.2, 0.25) is 0 Å². The number of non-ortho nitro benzene ring substituents is 1. The average molecular weight is 674 g/mol. The van der Waals surface area contributed by atoms with E-state index in [0.717, 1.165) is 63.8 Å². The number of carbonyl (C=O) groups excluding carboxylic acids is 1. The van der Waals surface area contributed by atoms with E-state index < -0.39 is 4.92 Å². The number of nitrogens with zero attached hydrogens (tertiary/aromatic N) is 2. The lowest BCUT2D eigenvalue weighted by Gasteiger charge is -2.23. The number of aryl methyl sites for hydroxylation is 1. The lowest BCUT2D eigenvalue weighted by Crippen LogP contribution is -2.36. The minimum atomic E-state index is -0.422. The van der Waals surface area contributed by atoms with Gasteiger partial charge in [-0.1, -0.05) is 19.3 Å². The number of hydrogen-bond donors (Lipinski definition) is 1. The Morgan fingerprint density at radius 3 is 2.62 bits per heavy atom. The summed E-state index contributed by atoms with van der Waals surface area (Å²) in [5, 5.41) is 15.0. The van der Waals surface area contributed by atoms with Crippen LogP contribution in [0.1, 0.15) is 76.9 Å². The maximum absolute atomic E-state index is 13.5. The molecule has 1 saturated carbocycles. The fraction of sp³-hybridized carbons (Fsp3) is 0.400. The van der Waals surface area contributed by atoms with Crippen LogP contribution in [-0.2, 0) is 19.4 Å². The van der Waals surface area contributed by atoms with Crippen LogP contribution in [0.15, 0.2) is 41.4 Å². The number of carbonyl (C=O) groups is 1. The van der Waals surface area contributed by atoms with Crippen LogP contribution in [-0.4, -0.2) is 30.2 Å². The molecule has 40 heavy (non-hydrogen) atoms. The van der Waals surface area contributed by atoms with Gasteiger partial charge in [-0.25, -0.2) is 4.99 Å². The third-order valence-electron chi connectivity index (χ3n) is 7.43. The number of methoxy groups -OCH3 is 1. The number of halogens is 1. The third kappa shape index (κ3) is 6.65. The molecule has 0 radical (unpaired) electrons. The van der Waals surface area contributed by atoms with Crippen molar-refractivity contribution in [2.24, 2.45) is 4.99 Å². The molecule has 3 aromatic rings. The van der Waals surface area contributed by atoms with Crippen molar-refractivity contribution in [3.63, 3.8) is 0 Å². The van der Waals surface area contributed by atoms with Gasteiger partial charge in [0.15, 0.2) is 11.5 Å². The zero-order valence-corrected chi connectivity index (χ0v) is 25.4. The van der Waals surface area contributed by atoms with Crippen LogP contribution in [0.3, 0.4) is 0 Å². The van der Waals surface area contributed by atoms with Gasteiger partial charge >= 0.3 is 0 Å². The second kappa shape index (κ2) is 13.1. The van der Waals surface area contributed by atoms with Crippen molar-refractivity contribution in [3.05, 3.63) is 77.2 Å². The highest BCUT2D eigenvalue weighted by Crippen LogP contribution is 2.40. The molecule has 0 aliphatic heterocycles. The van der Waals surface area contributed by atoms with Gasteiger partial charge in [-0.15, -0.1) is 11.3 Å². The maximum Gasteiger partial charge on any atom is 0.269 e. The lowest BCUT2D eigenvalue weighted by molar-refractivity contribution is -0.384. The van der Waals surface area contributed by atoms with Gasteiger partial charge in [0.2, 0.25) is 0 Å². The summed E-state index contributed by atoms with van der Waals surface area (Å²) in [5.74, 6) is 1.18. The smallest absolute Gasteiger partial charge is 0.269 e. The molecule has 2 aliphatic carbocycles. The number of rotatable bonds is 9. The van der Waals surface area contributed by atoms with Crippen molar-refractivity contribution in [3.8, 4) is 11.5 Å². The van der Waals surface area contributed by atoms with Gasteiger partial charge in [0.1, 0.15) is 11.6 Å². The number of ether oxygens (including phenoxy) is 2. The Labute approximate surface area is 251 Å². The highest BCUT2D eigenvalue weighted by atomic mass is 127. The number of fused-ring (bicyclic) bond motifs is 1. The first-order chi connectivity index (χ1) is 19.4. The molecule has 0 unspecified atom stereocenters. The number of hydrogen-bond acceptors (Lipinski definition) is 7. The Hall–Kier alpha value is -2.99. The second-order valence-corrected chi connectivity index (χ2v) is 12.4. The van der Waals surface area contributed by atoms with Gasteiger partial charge in [-0.3, -0.25) is 14.9 Å². The zero-order chi connectivity index (χ0) is 28.1. The summed E-state index contributed by atoms with van der Waals surface area (Å²) in [6.07, 6.45) is 11.7. The van der Waals surface area contributed by atoms with E-state index in [1.54, 1.807) is 36.8 Å². The Morgan fingerprint density at radius 2 is 1.90 bits per heavy atom. The fourth-order valence-electron chi connectivity index (χ4n) is 5.34. The Bertz CT molecular complexity index is 1410.